The predicted octanol–water partition coefficient (Wildman–Crippen LogP) is 1.61. The standard InChI is InChI=1S/C14H23N5O/c1-10(2)12-13(15)17-9-18-14(12)16-8-11(20)19-6-4-3-5-7-19/h9-10H,3-8H2,1-2H3,(H3,15,16,17,18). The average Bonchev–Trinajstić information content (AvgIpc) is 2.45. The van der Waals surface area contributed by atoms with E-state index in [1.54, 1.807) is 0 Å². The molecule has 6 heteroatoms. The third-order valence-electron chi connectivity index (χ3n) is 3.61. The molecule has 0 radical (unpaired) electrons. The number of nitrogens with one attached hydrogen (secondary N) is 1. The number of nitrogens with zero attached hydrogens (tertiary/aromatic N) is 3. The number of carbonyl (C=O) groups is 1. The maximum absolute atomic E-state index is 12.1. The van der Waals surface area contributed by atoms with E-state index in [0.717, 1.165) is 31.5 Å². The van der Waals surface area contributed by atoms with Gasteiger partial charge in [-0.2, -0.15) is 0 Å². The van der Waals surface area contributed by atoms with Crippen molar-refractivity contribution in [1.29, 1.82) is 0 Å². The molecule has 1 aliphatic rings. The first kappa shape index (κ1) is 14.6. The van der Waals surface area contributed by atoms with E-state index in [0.29, 0.717) is 11.6 Å². The quantitative estimate of drug-likeness (QED) is 0.873. The van der Waals surface area contributed by atoms with Crippen LogP contribution < -0.4 is 11.1 Å². The highest BCUT2D eigenvalue weighted by Gasteiger charge is 2.18. The summed E-state index contributed by atoms with van der Waals surface area (Å²) in [5.74, 6) is 1.47. The fourth-order valence-corrected chi connectivity index (χ4v) is 2.53. The van der Waals surface area contributed by atoms with Gasteiger partial charge in [0.05, 0.1) is 6.54 Å². The highest BCUT2D eigenvalue weighted by Crippen LogP contribution is 2.26. The topological polar surface area (TPSA) is 84.1 Å². The van der Waals surface area contributed by atoms with E-state index in [1.165, 1.54) is 12.7 Å². The molecule has 20 heavy (non-hydrogen) atoms. The number of hydrogen-bond donors (Lipinski definition) is 2. The lowest BCUT2D eigenvalue weighted by Gasteiger charge is -2.27. The number of nitrogen functional groups attached to an aromatic ring is 1. The number of hydrogen-bond acceptors (Lipinski definition) is 5. The van der Waals surface area contributed by atoms with Crippen molar-refractivity contribution in [2.75, 3.05) is 30.7 Å². The summed E-state index contributed by atoms with van der Waals surface area (Å²) in [7, 11) is 0. The molecule has 2 heterocycles. The van der Waals surface area contributed by atoms with Crippen molar-refractivity contribution in [1.82, 2.24) is 14.9 Å². The zero-order valence-corrected chi connectivity index (χ0v) is 12.2. The molecule has 0 aromatic carbocycles. The first-order valence-electron chi connectivity index (χ1n) is 7.21. The van der Waals surface area contributed by atoms with Crippen molar-refractivity contribution in [2.45, 2.75) is 39.0 Å². The van der Waals surface area contributed by atoms with Gasteiger partial charge in [0.1, 0.15) is 18.0 Å². The first-order valence-corrected chi connectivity index (χ1v) is 7.21. The lowest BCUT2D eigenvalue weighted by Crippen LogP contribution is -2.39. The van der Waals surface area contributed by atoms with E-state index in [4.69, 9.17) is 5.73 Å². The summed E-state index contributed by atoms with van der Waals surface area (Å²) < 4.78 is 0. The molecule has 3 N–H and O–H groups in total. The molecule has 0 bridgehead atoms. The molecule has 1 fully saturated rings. The minimum absolute atomic E-state index is 0.122. The van der Waals surface area contributed by atoms with Gasteiger partial charge in [-0.15, -0.1) is 0 Å². The lowest BCUT2D eigenvalue weighted by atomic mass is 10.0. The van der Waals surface area contributed by atoms with Gasteiger partial charge in [-0.25, -0.2) is 9.97 Å². The third-order valence-corrected chi connectivity index (χ3v) is 3.61. The van der Waals surface area contributed by atoms with Crippen molar-refractivity contribution < 1.29 is 4.79 Å². The van der Waals surface area contributed by atoms with Crippen LogP contribution in [0, 0.1) is 0 Å². The molecule has 1 aromatic heterocycles. The molecular formula is C14H23N5O. The Labute approximate surface area is 119 Å². The van der Waals surface area contributed by atoms with Crippen LogP contribution in [0.25, 0.3) is 0 Å². The largest absolute Gasteiger partial charge is 0.383 e. The number of rotatable bonds is 4. The van der Waals surface area contributed by atoms with Crippen molar-refractivity contribution in [3.63, 3.8) is 0 Å². The molecule has 0 aliphatic carbocycles. The summed E-state index contributed by atoms with van der Waals surface area (Å²) in [6.45, 7) is 6.06. The average molecular weight is 277 g/mol. The van der Waals surface area contributed by atoms with Gasteiger partial charge in [-0.05, 0) is 25.2 Å². The van der Waals surface area contributed by atoms with Gasteiger partial charge in [0.2, 0.25) is 5.91 Å². The highest BCUT2D eigenvalue weighted by atomic mass is 16.2. The van der Waals surface area contributed by atoms with E-state index in [-0.39, 0.29) is 18.4 Å². The Balaban J connectivity index is 2.00. The smallest absolute Gasteiger partial charge is 0.241 e. The molecule has 110 valence electrons. The SMILES string of the molecule is CC(C)c1c(N)ncnc1NCC(=O)N1CCCCC1. The Hall–Kier alpha value is -1.85. The Morgan fingerprint density at radius 3 is 2.70 bits per heavy atom. The summed E-state index contributed by atoms with van der Waals surface area (Å²) in [5, 5.41) is 3.11. The van der Waals surface area contributed by atoms with E-state index in [9.17, 15) is 4.79 Å². The molecule has 0 unspecified atom stereocenters. The van der Waals surface area contributed by atoms with Gasteiger partial charge in [0, 0.05) is 18.7 Å². The molecule has 2 rings (SSSR count). The number of anilines is 2. The van der Waals surface area contributed by atoms with E-state index < -0.39 is 0 Å². The minimum Gasteiger partial charge on any atom is -0.383 e. The summed E-state index contributed by atoms with van der Waals surface area (Å²) in [6, 6.07) is 0. The summed E-state index contributed by atoms with van der Waals surface area (Å²) in [6.07, 6.45) is 4.85. The fourth-order valence-electron chi connectivity index (χ4n) is 2.53. The van der Waals surface area contributed by atoms with Crippen LogP contribution in [0.15, 0.2) is 6.33 Å². The van der Waals surface area contributed by atoms with Crippen LogP contribution in [0.2, 0.25) is 0 Å². The zero-order chi connectivity index (χ0) is 14.5. The summed E-state index contributed by atoms with van der Waals surface area (Å²) in [4.78, 5) is 22.3. The first-order chi connectivity index (χ1) is 9.59. The molecule has 1 aliphatic heterocycles. The summed E-state index contributed by atoms with van der Waals surface area (Å²) in [5.41, 5.74) is 6.76. The van der Waals surface area contributed by atoms with Crippen molar-refractivity contribution in [2.24, 2.45) is 0 Å². The molecule has 1 aromatic rings. The van der Waals surface area contributed by atoms with Crippen LogP contribution in [0.4, 0.5) is 11.6 Å². The molecule has 0 saturated carbocycles. The molecule has 0 atom stereocenters. The molecule has 0 spiro atoms. The van der Waals surface area contributed by atoms with Gasteiger partial charge < -0.3 is 16.0 Å². The van der Waals surface area contributed by atoms with Crippen LogP contribution in [0.3, 0.4) is 0 Å². The van der Waals surface area contributed by atoms with Crippen molar-refractivity contribution in [3.8, 4) is 0 Å². The van der Waals surface area contributed by atoms with Crippen LogP contribution in [0.1, 0.15) is 44.6 Å². The Morgan fingerprint density at radius 2 is 2.05 bits per heavy atom. The maximum atomic E-state index is 12.1. The van der Waals surface area contributed by atoms with Crippen LogP contribution in [-0.2, 0) is 4.79 Å². The number of nitrogens with two attached hydrogens (primary N) is 1. The zero-order valence-electron chi connectivity index (χ0n) is 12.2. The third kappa shape index (κ3) is 3.37. The Bertz CT molecular complexity index is 469. The molecule has 1 saturated heterocycles. The van der Waals surface area contributed by atoms with E-state index in [2.05, 4.69) is 15.3 Å². The predicted molar refractivity (Wildman–Crippen MR) is 79.5 cm³/mol. The van der Waals surface area contributed by atoms with E-state index >= 15 is 0 Å². The van der Waals surface area contributed by atoms with Gasteiger partial charge >= 0.3 is 0 Å². The number of likely N-dealkylation sites (tertiary alicyclic amines) is 1. The van der Waals surface area contributed by atoms with Gasteiger partial charge in [0.25, 0.3) is 0 Å². The number of piperidine rings is 1. The second-order valence-corrected chi connectivity index (χ2v) is 5.47. The molecule has 6 nitrogen and oxygen atoms in total. The number of aromatic nitrogens is 2. The van der Waals surface area contributed by atoms with E-state index in [1.807, 2.05) is 18.7 Å². The lowest BCUT2D eigenvalue weighted by molar-refractivity contribution is -0.130. The van der Waals surface area contributed by atoms with Crippen LogP contribution in [-0.4, -0.2) is 40.4 Å². The second-order valence-electron chi connectivity index (χ2n) is 5.47. The number of carbonyl (C=O) groups excluding carboxylic acids is 1. The summed E-state index contributed by atoms with van der Waals surface area (Å²) >= 11 is 0. The van der Waals surface area contributed by atoms with Crippen LogP contribution in [0.5, 0.6) is 0 Å². The maximum Gasteiger partial charge on any atom is 0.241 e. The van der Waals surface area contributed by atoms with Gasteiger partial charge in [-0.1, -0.05) is 13.8 Å². The fraction of sp³-hybridized carbons (Fsp3) is 0.643. The number of amides is 1. The normalized spacial score (nSPS) is 15.4. The monoisotopic (exact) mass is 277 g/mol. The molecular weight excluding hydrogens is 254 g/mol. The highest BCUT2D eigenvalue weighted by molar-refractivity contribution is 5.81. The van der Waals surface area contributed by atoms with Gasteiger partial charge in [-0.3, -0.25) is 4.79 Å². The Kier molecular flexibility index (Phi) is 4.76. The van der Waals surface area contributed by atoms with Crippen molar-refractivity contribution >= 4 is 17.5 Å². The van der Waals surface area contributed by atoms with Crippen LogP contribution >= 0.6 is 0 Å². The minimum atomic E-state index is 0.122. The molecule has 1 amide bonds. The van der Waals surface area contributed by atoms with Crippen molar-refractivity contribution in [3.05, 3.63) is 11.9 Å². The second kappa shape index (κ2) is 6.54. The Morgan fingerprint density at radius 1 is 1.35 bits per heavy atom. The van der Waals surface area contributed by atoms with Gasteiger partial charge in [0.15, 0.2) is 0 Å².